The smallest absolute Gasteiger partial charge is 0.325 e. The van der Waals surface area contributed by atoms with E-state index in [9.17, 15) is 14.4 Å². The quantitative estimate of drug-likeness (QED) is 0.731. The number of hydrogen-bond donors (Lipinski definition) is 1. The first kappa shape index (κ1) is 20.6. The molecular weight excluding hydrogens is 368 g/mol. The van der Waals surface area contributed by atoms with Crippen molar-refractivity contribution in [3.05, 3.63) is 65.2 Å². The Morgan fingerprint density at radius 1 is 1.10 bits per heavy atom. The topological polar surface area (TPSA) is 75.7 Å². The average Bonchev–Trinajstić information content (AvgIpc) is 3.46. The lowest BCUT2D eigenvalue weighted by Gasteiger charge is -2.22. The number of carbonyl (C=O) groups excluding carboxylic acids is 3. The molecule has 152 valence electrons. The summed E-state index contributed by atoms with van der Waals surface area (Å²) in [6, 6.07) is 14.5. The Balaban J connectivity index is 1.73. The number of methoxy groups -OCH3 is 1. The van der Waals surface area contributed by atoms with Crippen LogP contribution in [0.1, 0.15) is 34.8 Å². The standard InChI is InChI=1S/C23H26N2O4/c1-15-6-4-5-7-18(15)13-25(14-21(26)29-3)23(28)17-8-10-19(11-9-17)24-22(27)20-12-16(20)2/h4-11,16,20H,12-14H2,1-3H3,(H,24,27). The third kappa shape index (κ3) is 5.22. The van der Waals surface area contributed by atoms with Crippen LogP contribution >= 0.6 is 0 Å². The molecule has 0 aromatic heterocycles. The lowest BCUT2D eigenvalue weighted by Crippen LogP contribution is -2.36. The van der Waals surface area contributed by atoms with Gasteiger partial charge in [0.1, 0.15) is 6.54 Å². The van der Waals surface area contributed by atoms with E-state index in [2.05, 4.69) is 12.2 Å². The highest BCUT2D eigenvalue weighted by atomic mass is 16.5. The zero-order chi connectivity index (χ0) is 21.0. The number of amides is 2. The molecule has 1 N–H and O–H groups in total. The molecule has 2 atom stereocenters. The fourth-order valence-corrected chi connectivity index (χ4v) is 3.21. The van der Waals surface area contributed by atoms with Crippen molar-refractivity contribution in [3.8, 4) is 0 Å². The second-order valence-corrected chi connectivity index (χ2v) is 7.55. The minimum absolute atomic E-state index is 0.0171. The molecule has 2 aromatic carbocycles. The van der Waals surface area contributed by atoms with Crippen molar-refractivity contribution in [1.82, 2.24) is 4.90 Å². The van der Waals surface area contributed by atoms with Crippen molar-refractivity contribution in [3.63, 3.8) is 0 Å². The normalized spacial score (nSPS) is 17.3. The minimum Gasteiger partial charge on any atom is -0.468 e. The average molecular weight is 394 g/mol. The second-order valence-electron chi connectivity index (χ2n) is 7.55. The number of aryl methyl sites for hydroxylation is 1. The number of nitrogens with one attached hydrogen (secondary N) is 1. The number of hydrogen-bond acceptors (Lipinski definition) is 4. The molecule has 6 nitrogen and oxygen atoms in total. The summed E-state index contributed by atoms with van der Waals surface area (Å²) >= 11 is 0. The van der Waals surface area contributed by atoms with Gasteiger partial charge in [0.15, 0.2) is 0 Å². The molecule has 1 fully saturated rings. The van der Waals surface area contributed by atoms with Crippen LogP contribution in [0, 0.1) is 18.8 Å². The molecule has 0 bridgehead atoms. The van der Waals surface area contributed by atoms with Gasteiger partial charge in [-0.3, -0.25) is 14.4 Å². The van der Waals surface area contributed by atoms with E-state index in [1.165, 1.54) is 12.0 Å². The van der Waals surface area contributed by atoms with Crippen molar-refractivity contribution in [2.24, 2.45) is 11.8 Å². The van der Waals surface area contributed by atoms with E-state index in [1.807, 2.05) is 31.2 Å². The molecule has 29 heavy (non-hydrogen) atoms. The van der Waals surface area contributed by atoms with Gasteiger partial charge in [0, 0.05) is 23.7 Å². The Morgan fingerprint density at radius 2 is 1.76 bits per heavy atom. The Kier molecular flexibility index (Phi) is 6.32. The highest BCUT2D eigenvalue weighted by molar-refractivity contribution is 5.98. The molecule has 1 aliphatic carbocycles. The van der Waals surface area contributed by atoms with Crippen LogP contribution in [0.5, 0.6) is 0 Å². The first-order valence-corrected chi connectivity index (χ1v) is 9.70. The summed E-state index contributed by atoms with van der Waals surface area (Å²) < 4.78 is 4.75. The highest BCUT2D eigenvalue weighted by Gasteiger charge is 2.39. The molecule has 0 saturated heterocycles. The number of ether oxygens (including phenoxy) is 1. The summed E-state index contributed by atoms with van der Waals surface area (Å²) in [6.45, 7) is 4.19. The zero-order valence-corrected chi connectivity index (χ0v) is 17.0. The monoisotopic (exact) mass is 394 g/mol. The number of carbonyl (C=O) groups is 3. The fourth-order valence-electron chi connectivity index (χ4n) is 3.21. The van der Waals surface area contributed by atoms with Crippen LogP contribution < -0.4 is 5.32 Å². The van der Waals surface area contributed by atoms with Crippen molar-refractivity contribution in [2.75, 3.05) is 19.0 Å². The van der Waals surface area contributed by atoms with Gasteiger partial charge in [-0.05, 0) is 54.7 Å². The van der Waals surface area contributed by atoms with Gasteiger partial charge in [0.05, 0.1) is 7.11 Å². The van der Waals surface area contributed by atoms with E-state index in [1.54, 1.807) is 24.3 Å². The molecule has 2 aromatic rings. The molecule has 3 rings (SSSR count). The van der Waals surface area contributed by atoms with Crippen molar-refractivity contribution in [2.45, 2.75) is 26.8 Å². The number of benzene rings is 2. The number of rotatable bonds is 7. The maximum Gasteiger partial charge on any atom is 0.325 e. The molecule has 0 spiro atoms. The number of esters is 1. The molecule has 0 aliphatic heterocycles. The summed E-state index contributed by atoms with van der Waals surface area (Å²) in [4.78, 5) is 38.4. The van der Waals surface area contributed by atoms with Gasteiger partial charge < -0.3 is 15.0 Å². The van der Waals surface area contributed by atoms with E-state index in [0.29, 0.717) is 23.7 Å². The molecule has 2 unspecified atom stereocenters. The second kappa shape index (κ2) is 8.90. The third-order valence-corrected chi connectivity index (χ3v) is 5.30. The first-order chi connectivity index (χ1) is 13.9. The van der Waals surface area contributed by atoms with Crippen LogP contribution in [0.3, 0.4) is 0 Å². The Bertz CT molecular complexity index is 907. The van der Waals surface area contributed by atoms with Gasteiger partial charge in [-0.25, -0.2) is 0 Å². The SMILES string of the molecule is COC(=O)CN(Cc1ccccc1C)C(=O)c1ccc(NC(=O)C2CC2C)cc1. The predicted octanol–water partition coefficient (Wildman–Crippen LogP) is 3.40. The van der Waals surface area contributed by atoms with Gasteiger partial charge in [-0.1, -0.05) is 31.2 Å². The lowest BCUT2D eigenvalue weighted by atomic mass is 10.1. The molecule has 1 aliphatic rings. The number of nitrogens with zero attached hydrogens (tertiary/aromatic N) is 1. The first-order valence-electron chi connectivity index (χ1n) is 9.70. The molecule has 2 amide bonds. The molecular formula is C23H26N2O4. The van der Waals surface area contributed by atoms with E-state index in [0.717, 1.165) is 17.5 Å². The van der Waals surface area contributed by atoms with Gasteiger partial charge in [0.25, 0.3) is 5.91 Å². The van der Waals surface area contributed by atoms with Gasteiger partial charge in [-0.2, -0.15) is 0 Å². The van der Waals surface area contributed by atoms with E-state index >= 15 is 0 Å². The molecule has 0 radical (unpaired) electrons. The van der Waals surface area contributed by atoms with Gasteiger partial charge in [-0.15, -0.1) is 0 Å². The van der Waals surface area contributed by atoms with Crippen molar-refractivity contribution in [1.29, 1.82) is 0 Å². The Labute approximate surface area is 170 Å². The predicted molar refractivity (Wildman–Crippen MR) is 110 cm³/mol. The summed E-state index contributed by atoms with van der Waals surface area (Å²) in [6.07, 6.45) is 0.920. The van der Waals surface area contributed by atoms with Crippen LogP contribution in [0.2, 0.25) is 0 Å². The largest absolute Gasteiger partial charge is 0.468 e. The van der Waals surface area contributed by atoms with Crippen molar-refractivity contribution < 1.29 is 19.1 Å². The van der Waals surface area contributed by atoms with E-state index < -0.39 is 5.97 Å². The zero-order valence-electron chi connectivity index (χ0n) is 17.0. The van der Waals surface area contributed by atoms with Gasteiger partial charge in [0.2, 0.25) is 5.91 Å². The highest BCUT2D eigenvalue weighted by Crippen LogP contribution is 2.38. The van der Waals surface area contributed by atoms with Crippen molar-refractivity contribution >= 4 is 23.5 Å². The van der Waals surface area contributed by atoms with Crippen LogP contribution in [0.4, 0.5) is 5.69 Å². The summed E-state index contributed by atoms with van der Waals surface area (Å²) in [5.74, 6) is -0.213. The lowest BCUT2D eigenvalue weighted by molar-refractivity contribution is -0.141. The summed E-state index contributed by atoms with van der Waals surface area (Å²) in [5.41, 5.74) is 3.11. The molecule has 0 heterocycles. The number of anilines is 1. The minimum atomic E-state index is -0.477. The van der Waals surface area contributed by atoms with E-state index in [4.69, 9.17) is 4.74 Å². The van der Waals surface area contributed by atoms with Crippen LogP contribution in [0.15, 0.2) is 48.5 Å². The third-order valence-electron chi connectivity index (χ3n) is 5.30. The maximum atomic E-state index is 13.0. The van der Waals surface area contributed by atoms with E-state index in [-0.39, 0.29) is 24.3 Å². The summed E-state index contributed by atoms with van der Waals surface area (Å²) in [5, 5.41) is 2.88. The van der Waals surface area contributed by atoms with Crippen LogP contribution in [0.25, 0.3) is 0 Å². The Hall–Kier alpha value is -3.15. The maximum absolute atomic E-state index is 13.0. The molecule has 6 heteroatoms. The summed E-state index contributed by atoms with van der Waals surface area (Å²) in [7, 11) is 1.30. The van der Waals surface area contributed by atoms with Crippen LogP contribution in [-0.4, -0.2) is 36.3 Å². The fraction of sp³-hybridized carbons (Fsp3) is 0.348. The molecule has 1 saturated carbocycles. The Morgan fingerprint density at radius 3 is 2.34 bits per heavy atom. The van der Waals surface area contributed by atoms with Crippen LogP contribution in [-0.2, 0) is 20.9 Å². The van der Waals surface area contributed by atoms with Gasteiger partial charge >= 0.3 is 5.97 Å².